The number of urea groups is 1. The molecule has 23 nitrogen and oxygen atoms in total. The second-order valence-electron chi connectivity index (χ2n) is 24.5. The van der Waals surface area contributed by atoms with E-state index in [0.29, 0.717) is 24.1 Å². The van der Waals surface area contributed by atoms with Crippen LogP contribution in [0.4, 0.5) is 24.1 Å². The summed E-state index contributed by atoms with van der Waals surface area (Å²) in [4.78, 5) is 130. The summed E-state index contributed by atoms with van der Waals surface area (Å²) in [5, 5.41) is 41.3. The first-order valence-corrected chi connectivity index (χ1v) is 29.3. The number of allylic oxidation sites excluding steroid dienone is 4. The van der Waals surface area contributed by atoms with Gasteiger partial charge >= 0.3 is 24.1 Å². The molecule has 1 aliphatic heterocycles. The molecule has 85 heavy (non-hydrogen) atoms. The second-order valence-corrected chi connectivity index (χ2v) is 24.5. The molecule has 1 aromatic rings. The monoisotopic (exact) mass is 1200 g/mol. The van der Waals surface area contributed by atoms with E-state index in [-0.39, 0.29) is 82.4 Å². The van der Waals surface area contributed by atoms with Crippen LogP contribution in [-0.2, 0) is 63.9 Å². The number of primary amides is 1. The number of aliphatic carboxylic acids is 1. The summed E-state index contributed by atoms with van der Waals surface area (Å²) < 4.78 is 58.2. The number of carboxylic acids is 1. The predicted molar refractivity (Wildman–Crippen MR) is 301 cm³/mol. The average Bonchev–Trinajstić information content (AvgIpc) is 1.61. The van der Waals surface area contributed by atoms with Gasteiger partial charge in [0.05, 0.1) is 36.8 Å². The van der Waals surface area contributed by atoms with Gasteiger partial charge in [0.25, 0.3) is 0 Å². The zero-order valence-corrected chi connectivity index (χ0v) is 49.3. The molecule has 0 bridgehead atoms. The number of halogens is 2. The first kappa shape index (κ1) is 67.6. The number of Topliss-reactive ketones (excluding diaryl/α,β-unsaturated/α-hetero) is 3. The Balaban J connectivity index is 1.05. The highest BCUT2D eigenvalue weighted by Crippen LogP contribution is 2.72. The minimum atomic E-state index is -2.44. The third kappa shape index (κ3) is 14.8. The van der Waals surface area contributed by atoms with Crippen LogP contribution >= 0.6 is 0 Å². The molecule has 0 radical (unpaired) electrons. The number of carbonyl (C=O) groups is 10. The molecule has 15 atom stereocenters. The van der Waals surface area contributed by atoms with E-state index >= 15 is 8.78 Å². The molecule has 6 rings (SSSR count). The molecule has 4 fully saturated rings. The van der Waals surface area contributed by atoms with E-state index in [1.165, 1.54) is 43.3 Å². The maximum atomic E-state index is 18.0. The van der Waals surface area contributed by atoms with Crippen LogP contribution in [0.3, 0.4) is 0 Å². The van der Waals surface area contributed by atoms with Crippen molar-refractivity contribution in [1.29, 1.82) is 0 Å². The number of nitrogens with one attached hydrogen (secondary N) is 4. The van der Waals surface area contributed by atoms with E-state index in [9.17, 15) is 58.2 Å². The molecular weight excluding hydrogens is 1110 g/mol. The van der Waals surface area contributed by atoms with E-state index in [1.54, 1.807) is 34.6 Å². The van der Waals surface area contributed by atoms with E-state index in [4.69, 9.17) is 35.5 Å². The van der Waals surface area contributed by atoms with Crippen molar-refractivity contribution >= 4 is 64.7 Å². The standard InChI is InChI=1S/C60H84F2N6O17/c1-8-10-50-84-48-26-38-39-25-41(61)40-24-37(70)18-19-57(40,6)59(39,62)46(73)27-58(38,7)60(48,85-50)47(74)30-82-54(79)35(21-31(2)3)23-44(71)43(28-69)67-56(81)83-29-33-12-14-36(15-13-33)66-52(77)34(11-9-20-65-55(64)80)22-45(72)51(32(4)5)68-53(78)42(63)16-17-49(75)76/h12-15,18-19,24,31-32,34-35,38-39,41-43,46,48,50-51,69,73H,8-11,16-17,20-23,25-30,63H2,1-7H3,(H,66,77)(H,67,81)(H,68,78)(H,75,76)(H3,64,65,80)/t34-,35-,38+,39+,41+,42+,43+,46+,48-,50?,51+,57+,58+,59+,60-/m1/s1. The molecule has 470 valence electrons. The molecule has 0 aromatic heterocycles. The Labute approximate surface area is 492 Å². The number of rotatable bonds is 30. The number of ketones is 4. The van der Waals surface area contributed by atoms with E-state index in [2.05, 4.69) is 21.3 Å². The number of hydrogen-bond acceptors (Lipinski definition) is 17. The van der Waals surface area contributed by atoms with Crippen LogP contribution < -0.4 is 32.7 Å². The van der Waals surface area contributed by atoms with Crippen molar-refractivity contribution in [3.63, 3.8) is 0 Å². The molecule has 11 N–H and O–H groups in total. The Morgan fingerprint density at radius 1 is 0.906 bits per heavy atom. The van der Waals surface area contributed by atoms with Crippen molar-refractivity contribution in [1.82, 2.24) is 16.0 Å². The second kappa shape index (κ2) is 28.3. The molecule has 3 saturated carbocycles. The number of ether oxygens (including phenoxy) is 4. The van der Waals surface area contributed by atoms with Crippen LogP contribution in [0.15, 0.2) is 48.1 Å². The third-order valence-electron chi connectivity index (χ3n) is 17.9. The SMILES string of the molecule is CCCC1O[C@@H]2C[C@H]3[C@@H]4C[C@H](F)C5=CC(=O)C=C[C@]5(C)[C@@]4(F)[C@@H](O)C[C@]3(C)[C@]2(C(=O)COC(=O)[C@@H](CC(=O)[C@H](CO)NC(=O)OCc2ccc(NC(=O)[C@H](CCCNC(N)=O)CC(=O)[C@@H](NC(=O)[C@@H](N)CCC(=O)O)C(C)C)cc2)CC(C)C)O1. The van der Waals surface area contributed by atoms with Gasteiger partial charge in [-0.25, -0.2) is 18.4 Å². The summed E-state index contributed by atoms with van der Waals surface area (Å²) in [6.07, 6.45) is -3.35. The van der Waals surface area contributed by atoms with Gasteiger partial charge in [0.2, 0.25) is 17.6 Å². The molecule has 5 aliphatic rings. The van der Waals surface area contributed by atoms with Crippen LogP contribution in [0, 0.1) is 46.3 Å². The van der Waals surface area contributed by atoms with Crippen molar-refractivity contribution in [3.05, 3.63) is 53.6 Å². The highest BCUT2D eigenvalue weighted by Gasteiger charge is 2.80. The lowest BCUT2D eigenvalue weighted by atomic mass is 9.44. The van der Waals surface area contributed by atoms with Crippen molar-refractivity contribution in [2.45, 2.75) is 186 Å². The van der Waals surface area contributed by atoms with E-state index < -0.39 is 173 Å². The topological polar surface area (TPSA) is 368 Å². The number of alkyl carbamates (subject to hydrolysis) is 1. The third-order valence-corrected chi connectivity index (χ3v) is 17.9. The van der Waals surface area contributed by atoms with Crippen LogP contribution in [-0.4, -0.2) is 148 Å². The number of esters is 1. The Morgan fingerprint density at radius 3 is 2.21 bits per heavy atom. The fourth-order valence-corrected chi connectivity index (χ4v) is 13.5. The maximum Gasteiger partial charge on any atom is 0.408 e. The van der Waals surface area contributed by atoms with Gasteiger partial charge in [0.15, 0.2) is 41.5 Å². The van der Waals surface area contributed by atoms with Gasteiger partial charge in [0.1, 0.15) is 18.8 Å². The molecule has 4 aliphatic carbocycles. The fourth-order valence-electron chi connectivity index (χ4n) is 13.5. The van der Waals surface area contributed by atoms with Crippen molar-refractivity contribution in [2.24, 2.45) is 57.8 Å². The number of fused-ring (bicyclic) bond motifs is 7. The Kier molecular flexibility index (Phi) is 22.5. The molecule has 1 unspecified atom stereocenters. The van der Waals surface area contributed by atoms with Crippen molar-refractivity contribution < 1.29 is 91.0 Å². The molecule has 5 amide bonds. The number of alkyl halides is 2. The number of aliphatic hydroxyl groups is 2. The summed E-state index contributed by atoms with van der Waals surface area (Å²) in [5.74, 6) is -10.4. The first-order valence-electron chi connectivity index (χ1n) is 29.3. The van der Waals surface area contributed by atoms with Gasteiger partial charge in [0, 0.05) is 54.2 Å². The zero-order valence-electron chi connectivity index (χ0n) is 49.3. The number of nitrogens with two attached hydrogens (primary N) is 2. The summed E-state index contributed by atoms with van der Waals surface area (Å²) in [6, 6.07) is 1.49. The van der Waals surface area contributed by atoms with Gasteiger partial charge in [-0.15, -0.1) is 0 Å². The van der Waals surface area contributed by atoms with Gasteiger partial charge in [-0.2, -0.15) is 0 Å². The number of benzene rings is 1. The molecule has 1 saturated heterocycles. The quantitative estimate of drug-likeness (QED) is 0.0378. The zero-order chi connectivity index (χ0) is 62.9. The van der Waals surface area contributed by atoms with Gasteiger partial charge in [-0.3, -0.25) is 38.4 Å². The number of aliphatic hydroxyl groups excluding tert-OH is 2. The Hall–Kier alpha value is -6.54. The Bertz CT molecular complexity index is 2740. The fraction of sp³-hybridized carbons (Fsp3) is 0.667. The number of carbonyl (C=O) groups excluding carboxylic acids is 9. The normalized spacial score (nSPS) is 29.1. The minimum absolute atomic E-state index is 0.0498. The summed E-state index contributed by atoms with van der Waals surface area (Å²) >= 11 is 0. The maximum absolute atomic E-state index is 18.0. The van der Waals surface area contributed by atoms with Crippen molar-refractivity contribution in [2.75, 3.05) is 25.1 Å². The van der Waals surface area contributed by atoms with Crippen molar-refractivity contribution in [3.8, 4) is 0 Å². The lowest BCUT2D eigenvalue weighted by Crippen LogP contribution is -2.71. The summed E-state index contributed by atoms with van der Waals surface area (Å²) in [7, 11) is 0. The van der Waals surface area contributed by atoms with Crippen LogP contribution in [0.1, 0.15) is 131 Å². The number of anilines is 1. The molecule has 1 aromatic carbocycles. The van der Waals surface area contributed by atoms with Gasteiger partial charge < -0.3 is 67.0 Å². The van der Waals surface area contributed by atoms with Crippen LogP contribution in [0.2, 0.25) is 0 Å². The number of amides is 5. The molecule has 1 heterocycles. The minimum Gasteiger partial charge on any atom is -0.481 e. The molecular formula is C60H84F2N6O17. The highest BCUT2D eigenvalue weighted by atomic mass is 19.1. The lowest BCUT2D eigenvalue weighted by Gasteiger charge is -2.63. The molecule has 25 heteroatoms. The first-order chi connectivity index (χ1) is 39.9. The Morgan fingerprint density at radius 2 is 1.59 bits per heavy atom. The summed E-state index contributed by atoms with van der Waals surface area (Å²) in [5.41, 5.74) is 4.40. The van der Waals surface area contributed by atoms with E-state index in [1.807, 2.05) is 6.92 Å². The van der Waals surface area contributed by atoms with E-state index in [0.717, 1.165) is 6.08 Å². The largest absolute Gasteiger partial charge is 0.481 e. The van der Waals surface area contributed by atoms with Crippen LogP contribution in [0.5, 0.6) is 0 Å². The lowest BCUT2D eigenvalue weighted by molar-refractivity contribution is -0.235. The number of carboxylic acid groups (broad SMARTS) is 1. The average molecular weight is 1200 g/mol. The highest BCUT2D eigenvalue weighted by molar-refractivity contribution is 6.02. The van der Waals surface area contributed by atoms with Gasteiger partial charge in [-0.05, 0) is 111 Å². The number of hydrogen-bond donors (Lipinski definition) is 9. The van der Waals surface area contributed by atoms with Crippen LogP contribution in [0.25, 0.3) is 0 Å². The van der Waals surface area contributed by atoms with Gasteiger partial charge in [-0.1, -0.05) is 66.2 Å². The summed E-state index contributed by atoms with van der Waals surface area (Å²) in [6.45, 7) is 10.0. The predicted octanol–water partition coefficient (Wildman–Crippen LogP) is 4.51. The molecule has 0 spiro atoms. The smallest absolute Gasteiger partial charge is 0.408 e.